The van der Waals surface area contributed by atoms with Crippen LogP contribution in [0.3, 0.4) is 0 Å². The van der Waals surface area contributed by atoms with Gasteiger partial charge >= 0.3 is 0 Å². The van der Waals surface area contributed by atoms with Crippen LogP contribution in [-0.4, -0.2) is 11.7 Å². The summed E-state index contributed by atoms with van der Waals surface area (Å²) in [6.45, 7) is 0.628. The van der Waals surface area contributed by atoms with Crippen molar-refractivity contribution in [3.63, 3.8) is 0 Å². The minimum atomic E-state index is 0.101. The molecule has 0 amide bonds. The standard InChI is InChI=1S/C17H16O2/c18-12-5-4-7-15-8-6-9-16(13-15)14-19-17-10-2-1-3-11-17/h1-3,6,8-11,13,18H,5,12,14H2. The van der Waals surface area contributed by atoms with Gasteiger partial charge in [-0.05, 0) is 29.8 Å². The molecule has 0 aliphatic heterocycles. The van der Waals surface area contributed by atoms with Crippen LogP contribution < -0.4 is 4.74 Å². The lowest BCUT2D eigenvalue weighted by atomic mass is 10.1. The summed E-state index contributed by atoms with van der Waals surface area (Å²) in [5, 5.41) is 8.69. The number of para-hydroxylation sites is 1. The van der Waals surface area contributed by atoms with Crippen LogP contribution in [0.1, 0.15) is 17.5 Å². The zero-order valence-electron chi connectivity index (χ0n) is 10.7. The third-order valence-electron chi connectivity index (χ3n) is 2.55. The summed E-state index contributed by atoms with van der Waals surface area (Å²) in [4.78, 5) is 0. The van der Waals surface area contributed by atoms with Crippen LogP contribution in [0.25, 0.3) is 0 Å². The molecule has 96 valence electrons. The average Bonchev–Trinajstić information content (AvgIpc) is 2.47. The molecule has 0 aliphatic carbocycles. The molecule has 2 rings (SSSR count). The van der Waals surface area contributed by atoms with Crippen LogP contribution in [0.4, 0.5) is 0 Å². The summed E-state index contributed by atoms with van der Waals surface area (Å²) < 4.78 is 5.68. The molecule has 0 radical (unpaired) electrons. The van der Waals surface area contributed by atoms with E-state index >= 15 is 0 Å². The van der Waals surface area contributed by atoms with Gasteiger partial charge in [0.2, 0.25) is 0 Å². The Morgan fingerprint density at radius 2 is 1.84 bits per heavy atom. The van der Waals surface area contributed by atoms with Crippen LogP contribution in [0.15, 0.2) is 54.6 Å². The van der Waals surface area contributed by atoms with Gasteiger partial charge in [0, 0.05) is 12.0 Å². The molecular formula is C17H16O2. The predicted molar refractivity (Wildman–Crippen MR) is 75.8 cm³/mol. The van der Waals surface area contributed by atoms with Crippen LogP contribution in [0.2, 0.25) is 0 Å². The molecule has 2 aromatic carbocycles. The van der Waals surface area contributed by atoms with Gasteiger partial charge in [-0.15, -0.1) is 0 Å². The maximum absolute atomic E-state index is 8.69. The third-order valence-corrected chi connectivity index (χ3v) is 2.55. The Balaban J connectivity index is 1.98. The van der Waals surface area contributed by atoms with E-state index in [1.165, 1.54) is 0 Å². The molecule has 0 aromatic heterocycles. The summed E-state index contributed by atoms with van der Waals surface area (Å²) in [5.41, 5.74) is 2.03. The number of benzene rings is 2. The lowest BCUT2D eigenvalue weighted by Gasteiger charge is -2.06. The minimum Gasteiger partial charge on any atom is -0.489 e. The van der Waals surface area contributed by atoms with Crippen LogP contribution in [-0.2, 0) is 6.61 Å². The molecule has 0 heterocycles. The van der Waals surface area contributed by atoms with Gasteiger partial charge in [-0.3, -0.25) is 0 Å². The topological polar surface area (TPSA) is 29.5 Å². The summed E-state index contributed by atoms with van der Waals surface area (Å²) in [5.74, 6) is 6.79. The number of aliphatic hydroxyl groups is 1. The van der Waals surface area contributed by atoms with Crippen molar-refractivity contribution in [2.24, 2.45) is 0 Å². The largest absolute Gasteiger partial charge is 0.489 e. The summed E-state index contributed by atoms with van der Waals surface area (Å²) >= 11 is 0. The lowest BCUT2D eigenvalue weighted by Crippen LogP contribution is -1.95. The molecule has 0 bridgehead atoms. The molecule has 0 atom stereocenters. The highest BCUT2D eigenvalue weighted by Gasteiger charge is 1.96. The first-order valence-electron chi connectivity index (χ1n) is 6.25. The Labute approximate surface area is 113 Å². The SMILES string of the molecule is OCCC#Cc1cccc(COc2ccccc2)c1. The zero-order valence-corrected chi connectivity index (χ0v) is 10.7. The Kier molecular flexibility index (Phi) is 5.04. The molecule has 0 aliphatic rings. The molecule has 2 nitrogen and oxygen atoms in total. The van der Waals surface area contributed by atoms with Gasteiger partial charge in [0.15, 0.2) is 0 Å². The Morgan fingerprint density at radius 1 is 1.00 bits per heavy atom. The molecule has 0 saturated carbocycles. The van der Waals surface area contributed by atoms with Crippen molar-refractivity contribution < 1.29 is 9.84 Å². The fraction of sp³-hybridized carbons (Fsp3) is 0.176. The van der Waals surface area contributed by atoms with Crippen molar-refractivity contribution in [1.82, 2.24) is 0 Å². The second kappa shape index (κ2) is 7.25. The van der Waals surface area contributed by atoms with E-state index in [9.17, 15) is 0 Å². The second-order valence-corrected chi connectivity index (χ2v) is 4.08. The monoisotopic (exact) mass is 252 g/mol. The van der Waals surface area contributed by atoms with Gasteiger partial charge in [0.1, 0.15) is 12.4 Å². The van der Waals surface area contributed by atoms with Gasteiger partial charge in [-0.1, -0.05) is 42.2 Å². The first-order chi connectivity index (χ1) is 9.38. The molecule has 2 heteroatoms. The van der Waals surface area contributed by atoms with Crippen molar-refractivity contribution >= 4 is 0 Å². The van der Waals surface area contributed by atoms with Gasteiger partial charge in [-0.25, -0.2) is 0 Å². The summed E-state index contributed by atoms with van der Waals surface area (Å²) in [6.07, 6.45) is 0.505. The van der Waals surface area contributed by atoms with E-state index < -0.39 is 0 Å². The first-order valence-corrected chi connectivity index (χ1v) is 6.25. The van der Waals surface area contributed by atoms with Gasteiger partial charge in [-0.2, -0.15) is 0 Å². The van der Waals surface area contributed by atoms with E-state index in [1.807, 2.05) is 54.6 Å². The Morgan fingerprint density at radius 3 is 2.63 bits per heavy atom. The molecule has 2 aromatic rings. The molecule has 19 heavy (non-hydrogen) atoms. The predicted octanol–water partition coefficient (Wildman–Crippen LogP) is 3.00. The van der Waals surface area contributed by atoms with Crippen molar-refractivity contribution in [2.75, 3.05) is 6.61 Å². The molecule has 1 N–H and O–H groups in total. The Bertz CT molecular complexity index is 565. The van der Waals surface area contributed by atoms with Crippen LogP contribution >= 0.6 is 0 Å². The smallest absolute Gasteiger partial charge is 0.119 e. The summed E-state index contributed by atoms with van der Waals surface area (Å²) in [7, 11) is 0. The average molecular weight is 252 g/mol. The fourth-order valence-electron chi connectivity index (χ4n) is 1.64. The molecule has 0 spiro atoms. The van der Waals surface area contributed by atoms with Crippen LogP contribution in [0, 0.1) is 11.8 Å². The number of ether oxygens (including phenoxy) is 1. The number of rotatable bonds is 4. The number of aliphatic hydroxyl groups excluding tert-OH is 1. The highest BCUT2D eigenvalue weighted by atomic mass is 16.5. The highest BCUT2D eigenvalue weighted by molar-refractivity contribution is 5.37. The van der Waals surface area contributed by atoms with Crippen molar-refractivity contribution in [2.45, 2.75) is 13.0 Å². The third kappa shape index (κ3) is 4.50. The van der Waals surface area contributed by atoms with Gasteiger partial charge in [0.05, 0.1) is 6.61 Å². The van der Waals surface area contributed by atoms with E-state index in [4.69, 9.17) is 9.84 Å². The van der Waals surface area contributed by atoms with Crippen molar-refractivity contribution in [3.05, 3.63) is 65.7 Å². The number of hydrogen-bond acceptors (Lipinski definition) is 2. The van der Waals surface area contributed by atoms with E-state index in [0.29, 0.717) is 13.0 Å². The first kappa shape index (κ1) is 13.2. The van der Waals surface area contributed by atoms with Gasteiger partial charge < -0.3 is 9.84 Å². The second-order valence-electron chi connectivity index (χ2n) is 4.08. The van der Waals surface area contributed by atoms with E-state index in [1.54, 1.807) is 0 Å². The van der Waals surface area contributed by atoms with Crippen molar-refractivity contribution in [1.29, 1.82) is 0 Å². The fourth-order valence-corrected chi connectivity index (χ4v) is 1.64. The van der Waals surface area contributed by atoms with Crippen molar-refractivity contribution in [3.8, 4) is 17.6 Å². The molecular weight excluding hydrogens is 236 g/mol. The van der Waals surface area contributed by atoms with Gasteiger partial charge in [0.25, 0.3) is 0 Å². The normalized spacial score (nSPS) is 9.53. The molecule has 0 unspecified atom stereocenters. The van der Waals surface area contributed by atoms with E-state index in [2.05, 4.69) is 11.8 Å². The number of hydrogen-bond donors (Lipinski definition) is 1. The highest BCUT2D eigenvalue weighted by Crippen LogP contribution is 2.12. The maximum atomic E-state index is 8.69. The molecule has 0 saturated heterocycles. The maximum Gasteiger partial charge on any atom is 0.119 e. The lowest BCUT2D eigenvalue weighted by molar-refractivity contribution is 0.305. The van der Waals surface area contributed by atoms with E-state index in [0.717, 1.165) is 16.9 Å². The quantitative estimate of drug-likeness (QED) is 0.848. The van der Waals surface area contributed by atoms with Crippen LogP contribution in [0.5, 0.6) is 5.75 Å². The molecule has 0 fully saturated rings. The van der Waals surface area contributed by atoms with E-state index in [-0.39, 0.29) is 6.61 Å². The minimum absolute atomic E-state index is 0.101. The zero-order chi connectivity index (χ0) is 13.3. The Hall–Kier alpha value is -2.24. The summed E-state index contributed by atoms with van der Waals surface area (Å²) in [6, 6.07) is 17.7.